The van der Waals surface area contributed by atoms with Gasteiger partial charge in [-0.1, -0.05) is 21.7 Å². The molecule has 0 unspecified atom stereocenters. The molecule has 1 heterocycles. The van der Waals surface area contributed by atoms with Gasteiger partial charge in [0.2, 0.25) is 5.13 Å². The van der Waals surface area contributed by atoms with Crippen LogP contribution in [0.1, 0.15) is 15.9 Å². The maximum Gasteiger partial charge on any atom is 0.257 e. The monoisotopic (exact) mass is 254 g/mol. The number of alkyl halides is 1. The number of amides is 1. The molecule has 2 rings (SSSR count). The Labute approximate surface area is 101 Å². The van der Waals surface area contributed by atoms with E-state index in [1.165, 1.54) is 0 Å². The van der Waals surface area contributed by atoms with Gasteiger partial charge in [0.15, 0.2) is 0 Å². The van der Waals surface area contributed by atoms with Gasteiger partial charge in [0.25, 0.3) is 5.91 Å². The lowest BCUT2D eigenvalue weighted by atomic mass is 10.1. The summed E-state index contributed by atoms with van der Waals surface area (Å²) in [6.45, 7) is 0. The molecule has 0 saturated carbocycles. The third-order valence-electron chi connectivity index (χ3n) is 1.89. The second kappa shape index (κ2) is 5.00. The summed E-state index contributed by atoms with van der Waals surface area (Å²) in [5, 5.41) is 9.97. The zero-order valence-corrected chi connectivity index (χ0v) is 9.63. The maximum absolute atomic E-state index is 11.7. The second-order valence-electron chi connectivity index (χ2n) is 2.95. The molecule has 1 amide bonds. The largest absolute Gasteiger partial charge is 0.295 e. The van der Waals surface area contributed by atoms with Gasteiger partial charge >= 0.3 is 0 Å². The van der Waals surface area contributed by atoms with Crippen LogP contribution in [-0.2, 0) is 5.88 Å². The summed E-state index contributed by atoms with van der Waals surface area (Å²) >= 11 is 6.68. The van der Waals surface area contributed by atoms with Crippen molar-refractivity contribution in [1.29, 1.82) is 0 Å². The van der Waals surface area contributed by atoms with E-state index < -0.39 is 0 Å². The third kappa shape index (κ3) is 2.53. The molecule has 0 bridgehead atoms. The van der Waals surface area contributed by atoms with Gasteiger partial charge in [-0.2, -0.15) is 0 Å². The zero-order valence-electron chi connectivity index (χ0n) is 8.05. The Kier molecular flexibility index (Phi) is 3.43. The van der Waals surface area contributed by atoms with Crippen LogP contribution in [0.15, 0.2) is 24.3 Å². The Morgan fingerprint density at radius 1 is 1.38 bits per heavy atom. The van der Waals surface area contributed by atoms with E-state index in [1.807, 2.05) is 0 Å². The number of aromatic nitrogens is 3. The van der Waals surface area contributed by atoms with Crippen LogP contribution in [0.5, 0.6) is 0 Å². The zero-order chi connectivity index (χ0) is 11.4. The second-order valence-corrected chi connectivity index (χ2v) is 3.95. The van der Waals surface area contributed by atoms with Crippen molar-refractivity contribution in [3.05, 3.63) is 35.4 Å². The summed E-state index contributed by atoms with van der Waals surface area (Å²) < 4.78 is 3.54. The summed E-state index contributed by atoms with van der Waals surface area (Å²) in [7, 11) is 0. The molecule has 0 aliphatic carbocycles. The predicted octanol–water partition coefficient (Wildman–Crippen LogP) is 1.92. The number of carbonyl (C=O) groups excluding carboxylic acids is 1. The van der Waals surface area contributed by atoms with Crippen molar-refractivity contribution in [2.75, 3.05) is 5.32 Å². The lowest BCUT2D eigenvalue weighted by Gasteiger charge is -2.01. The van der Waals surface area contributed by atoms with E-state index in [9.17, 15) is 4.79 Å². The van der Waals surface area contributed by atoms with Gasteiger partial charge in [-0.05, 0) is 22.9 Å². The van der Waals surface area contributed by atoms with Gasteiger partial charge in [0.1, 0.15) is 0 Å². The van der Waals surface area contributed by atoms with Crippen LogP contribution in [0.3, 0.4) is 0 Å². The highest BCUT2D eigenvalue weighted by atomic mass is 35.5. The number of hydrogen-bond acceptors (Lipinski definition) is 5. The smallest absolute Gasteiger partial charge is 0.257 e. The summed E-state index contributed by atoms with van der Waals surface area (Å²) in [6.07, 6.45) is 0. The average Bonchev–Trinajstić information content (AvgIpc) is 2.82. The number of nitrogens with one attached hydrogen (secondary N) is 1. The van der Waals surface area contributed by atoms with Crippen LogP contribution < -0.4 is 5.32 Å². The number of rotatable bonds is 3. The van der Waals surface area contributed by atoms with E-state index in [0.717, 1.165) is 17.1 Å². The van der Waals surface area contributed by atoms with Crippen LogP contribution in [0, 0.1) is 0 Å². The van der Waals surface area contributed by atoms with Crippen molar-refractivity contribution in [2.24, 2.45) is 0 Å². The molecule has 0 spiro atoms. The van der Waals surface area contributed by atoms with Crippen molar-refractivity contribution in [3.63, 3.8) is 0 Å². The van der Waals surface area contributed by atoms with E-state index in [2.05, 4.69) is 20.1 Å². The Morgan fingerprint density at radius 2 is 2.12 bits per heavy atom. The Bertz CT molecular complexity index is 471. The van der Waals surface area contributed by atoms with Gasteiger partial charge in [0, 0.05) is 23.0 Å². The molecule has 2 aromatic rings. The first-order valence-corrected chi connectivity index (χ1v) is 5.71. The van der Waals surface area contributed by atoms with E-state index in [1.54, 1.807) is 24.3 Å². The van der Waals surface area contributed by atoms with Crippen LogP contribution in [-0.4, -0.2) is 20.7 Å². The third-order valence-corrected chi connectivity index (χ3v) is 2.71. The lowest BCUT2D eigenvalue weighted by molar-refractivity contribution is 0.102. The highest BCUT2D eigenvalue weighted by Gasteiger charge is 2.07. The predicted molar refractivity (Wildman–Crippen MR) is 61.7 cm³/mol. The molecule has 0 radical (unpaired) electrons. The van der Waals surface area contributed by atoms with E-state index in [0.29, 0.717) is 16.6 Å². The molecule has 0 atom stereocenters. The summed E-state index contributed by atoms with van der Waals surface area (Å²) in [5.41, 5.74) is 1.51. The fourth-order valence-corrected chi connectivity index (χ4v) is 1.64. The number of anilines is 1. The number of carbonyl (C=O) groups is 1. The first kappa shape index (κ1) is 11.0. The molecule has 82 valence electrons. The molecule has 0 aliphatic heterocycles. The number of benzene rings is 1. The minimum absolute atomic E-state index is 0.236. The van der Waals surface area contributed by atoms with Gasteiger partial charge < -0.3 is 0 Å². The highest BCUT2D eigenvalue weighted by Crippen LogP contribution is 2.10. The minimum atomic E-state index is -0.236. The number of halogens is 1. The van der Waals surface area contributed by atoms with E-state index in [-0.39, 0.29) is 5.91 Å². The van der Waals surface area contributed by atoms with Crippen molar-refractivity contribution in [1.82, 2.24) is 14.8 Å². The van der Waals surface area contributed by atoms with E-state index >= 15 is 0 Å². The van der Waals surface area contributed by atoms with Crippen LogP contribution in [0.4, 0.5) is 5.13 Å². The van der Waals surface area contributed by atoms with Crippen molar-refractivity contribution in [3.8, 4) is 0 Å². The number of nitrogens with zero attached hydrogens (tertiary/aromatic N) is 3. The molecule has 0 saturated heterocycles. The molecule has 1 aromatic carbocycles. The molecule has 7 heteroatoms. The molecular formula is C9H7ClN4OS. The lowest BCUT2D eigenvalue weighted by Crippen LogP contribution is -2.11. The van der Waals surface area contributed by atoms with Crippen LogP contribution >= 0.6 is 23.1 Å². The first-order valence-electron chi connectivity index (χ1n) is 4.41. The Morgan fingerprint density at radius 3 is 2.69 bits per heavy atom. The fourth-order valence-electron chi connectivity index (χ4n) is 1.10. The summed E-state index contributed by atoms with van der Waals surface area (Å²) in [4.78, 5) is 11.7. The SMILES string of the molecule is O=C(Nc1nnns1)c1ccc(CCl)cc1. The van der Waals surface area contributed by atoms with Crippen LogP contribution in [0.2, 0.25) is 0 Å². The van der Waals surface area contributed by atoms with Gasteiger partial charge in [-0.15, -0.1) is 11.6 Å². The highest BCUT2D eigenvalue weighted by molar-refractivity contribution is 7.09. The normalized spacial score (nSPS) is 10.1. The van der Waals surface area contributed by atoms with Crippen LogP contribution in [0.25, 0.3) is 0 Å². The molecule has 5 nitrogen and oxygen atoms in total. The standard InChI is InChI=1S/C9H7ClN4OS/c10-5-6-1-3-7(4-2-6)8(15)11-9-12-13-14-16-9/h1-4H,5H2,(H,11,12,14,15). The molecular weight excluding hydrogens is 248 g/mol. The first-order chi connectivity index (χ1) is 7.79. The average molecular weight is 255 g/mol. The van der Waals surface area contributed by atoms with Crippen molar-refractivity contribution >= 4 is 34.2 Å². The van der Waals surface area contributed by atoms with Crippen molar-refractivity contribution < 1.29 is 4.79 Å². The Hall–Kier alpha value is -1.53. The molecule has 1 aromatic heterocycles. The molecule has 0 fully saturated rings. The summed E-state index contributed by atoms with van der Waals surface area (Å²) in [6, 6.07) is 7.03. The fraction of sp³-hybridized carbons (Fsp3) is 0.111. The van der Waals surface area contributed by atoms with Gasteiger partial charge in [-0.25, -0.2) is 0 Å². The molecule has 1 N–H and O–H groups in total. The topological polar surface area (TPSA) is 67.8 Å². The van der Waals surface area contributed by atoms with Gasteiger partial charge in [-0.3, -0.25) is 10.1 Å². The quantitative estimate of drug-likeness (QED) is 0.850. The minimum Gasteiger partial charge on any atom is -0.295 e. The molecule has 16 heavy (non-hydrogen) atoms. The molecule has 0 aliphatic rings. The van der Waals surface area contributed by atoms with Crippen molar-refractivity contribution in [2.45, 2.75) is 5.88 Å². The maximum atomic E-state index is 11.7. The number of hydrogen-bond donors (Lipinski definition) is 1. The Balaban J connectivity index is 2.09. The summed E-state index contributed by atoms with van der Waals surface area (Å²) in [5.74, 6) is 0.196. The van der Waals surface area contributed by atoms with Gasteiger partial charge in [0.05, 0.1) is 0 Å². The van der Waals surface area contributed by atoms with E-state index in [4.69, 9.17) is 11.6 Å².